The van der Waals surface area contributed by atoms with E-state index in [1.807, 2.05) is 13.0 Å². The zero-order valence-electron chi connectivity index (χ0n) is 15.4. The lowest BCUT2D eigenvalue weighted by Crippen LogP contribution is -2.51. The highest BCUT2D eigenvalue weighted by Gasteiger charge is 2.33. The van der Waals surface area contributed by atoms with Crippen LogP contribution in [0.1, 0.15) is 50.6 Å². The fourth-order valence-electron chi connectivity index (χ4n) is 3.39. The Morgan fingerprint density at radius 3 is 2.77 bits per heavy atom. The minimum Gasteiger partial charge on any atom is -0.487 e. The van der Waals surface area contributed by atoms with E-state index in [2.05, 4.69) is 4.98 Å². The minimum atomic E-state index is -0.458. The number of hydrogen-bond acceptors (Lipinski definition) is 7. The van der Waals surface area contributed by atoms with Crippen LogP contribution >= 0.6 is 0 Å². The molecule has 3 rings (SSSR count). The predicted molar refractivity (Wildman–Crippen MR) is 99.7 cm³/mol. The standard InChI is InChI=1S/C18H28N6O2/c1-11-6-7-16(25)23(2)10-14(19)17(24(21)13-4-3-5-13)12-8-15(26-11)18(20)22-9-12/h8-9,11,13,17,19H,3-7,10,21H2,1-2H3,(H2,20,22). The maximum absolute atomic E-state index is 12.4. The van der Waals surface area contributed by atoms with Crippen molar-refractivity contribution < 1.29 is 9.53 Å². The zero-order chi connectivity index (χ0) is 18.8. The number of rotatable bonds is 2. The van der Waals surface area contributed by atoms with Gasteiger partial charge in [-0.3, -0.25) is 10.6 Å². The highest BCUT2D eigenvalue weighted by atomic mass is 16.5. The number of nitrogen functional groups attached to an aromatic ring is 1. The molecular weight excluding hydrogens is 332 g/mol. The topological polar surface area (TPSA) is 122 Å². The lowest BCUT2D eigenvalue weighted by molar-refractivity contribution is -0.129. The highest BCUT2D eigenvalue weighted by Crippen LogP contribution is 2.33. The Bertz CT molecular complexity index is 690. The normalized spacial score (nSPS) is 25.3. The molecule has 2 unspecified atom stereocenters. The third-order valence-electron chi connectivity index (χ3n) is 5.27. The van der Waals surface area contributed by atoms with E-state index in [1.165, 1.54) is 0 Å². The first-order chi connectivity index (χ1) is 12.4. The SMILES string of the molecule is CC1CCC(=O)N(C)CC(=N)C(N(N)C2CCC2)c2cnc(N)c(c2)O1. The van der Waals surface area contributed by atoms with Crippen LogP contribution in [0.25, 0.3) is 0 Å². The van der Waals surface area contributed by atoms with Crippen LogP contribution in [-0.4, -0.2) is 52.2 Å². The fourth-order valence-corrected chi connectivity index (χ4v) is 3.39. The summed E-state index contributed by atoms with van der Waals surface area (Å²) in [5, 5.41) is 10.4. The number of nitrogens with two attached hydrogens (primary N) is 2. The molecule has 26 heavy (non-hydrogen) atoms. The molecule has 1 aromatic heterocycles. The summed E-state index contributed by atoms with van der Waals surface area (Å²) in [6.07, 6.45) is 5.59. The van der Waals surface area contributed by atoms with Gasteiger partial charge in [0.05, 0.1) is 24.4 Å². The first-order valence-corrected chi connectivity index (χ1v) is 9.13. The summed E-state index contributed by atoms with van der Waals surface area (Å²) >= 11 is 0. The average molecular weight is 360 g/mol. The molecule has 0 spiro atoms. The van der Waals surface area contributed by atoms with Crippen molar-refractivity contribution in [3.05, 3.63) is 17.8 Å². The van der Waals surface area contributed by atoms with Gasteiger partial charge in [0.15, 0.2) is 11.6 Å². The first kappa shape index (κ1) is 18.6. The summed E-state index contributed by atoms with van der Waals surface area (Å²) in [7, 11) is 1.72. The summed E-state index contributed by atoms with van der Waals surface area (Å²) in [6, 6.07) is 1.61. The maximum Gasteiger partial charge on any atom is 0.222 e. The number of fused-ring (bicyclic) bond motifs is 2. The number of amides is 1. The van der Waals surface area contributed by atoms with Gasteiger partial charge < -0.3 is 20.8 Å². The highest BCUT2D eigenvalue weighted by molar-refractivity contribution is 5.92. The van der Waals surface area contributed by atoms with Crippen LogP contribution < -0.4 is 16.3 Å². The number of pyridine rings is 1. The Morgan fingerprint density at radius 2 is 2.12 bits per heavy atom. The zero-order valence-corrected chi connectivity index (χ0v) is 15.4. The average Bonchev–Trinajstić information content (AvgIpc) is 2.53. The molecule has 1 aromatic rings. The Morgan fingerprint density at radius 1 is 1.38 bits per heavy atom. The molecule has 8 heteroatoms. The van der Waals surface area contributed by atoms with E-state index in [4.69, 9.17) is 21.7 Å². The van der Waals surface area contributed by atoms with Crippen LogP contribution in [0.3, 0.4) is 0 Å². The van der Waals surface area contributed by atoms with Crippen LogP contribution in [0.2, 0.25) is 0 Å². The quantitative estimate of drug-likeness (QED) is 0.542. The summed E-state index contributed by atoms with van der Waals surface area (Å²) in [4.78, 5) is 18.2. The van der Waals surface area contributed by atoms with Crippen LogP contribution in [0.15, 0.2) is 12.3 Å². The number of nitrogens with zero attached hydrogens (tertiary/aromatic N) is 3. The number of hydrazine groups is 1. The van der Waals surface area contributed by atoms with Crippen molar-refractivity contribution in [2.75, 3.05) is 19.3 Å². The summed E-state index contributed by atoms with van der Waals surface area (Å²) < 4.78 is 5.92. The number of carbonyl (C=O) groups is 1. The molecule has 2 aliphatic rings. The van der Waals surface area contributed by atoms with Gasteiger partial charge in [0.2, 0.25) is 5.91 Å². The molecule has 0 radical (unpaired) electrons. The van der Waals surface area contributed by atoms with Crippen molar-refractivity contribution in [2.24, 2.45) is 5.84 Å². The molecule has 2 bridgehead atoms. The number of hydrogen-bond donors (Lipinski definition) is 3. The smallest absolute Gasteiger partial charge is 0.222 e. The van der Waals surface area contributed by atoms with Gasteiger partial charge in [-0.2, -0.15) is 0 Å². The van der Waals surface area contributed by atoms with Gasteiger partial charge in [-0.05, 0) is 37.8 Å². The van der Waals surface area contributed by atoms with E-state index in [-0.39, 0.29) is 24.6 Å². The number of anilines is 1. The van der Waals surface area contributed by atoms with Gasteiger partial charge in [0.1, 0.15) is 0 Å². The van der Waals surface area contributed by atoms with Gasteiger partial charge in [-0.15, -0.1) is 0 Å². The predicted octanol–water partition coefficient (Wildman–Crippen LogP) is 1.47. The van der Waals surface area contributed by atoms with Crippen LogP contribution in [-0.2, 0) is 4.79 Å². The lowest BCUT2D eigenvalue weighted by Gasteiger charge is -2.40. The molecule has 1 aliphatic heterocycles. The van der Waals surface area contributed by atoms with Crippen LogP contribution in [0.5, 0.6) is 5.75 Å². The second-order valence-electron chi connectivity index (χ2n) is 7.33. The Hall–Kier alpha value is -2.19. The number of aromatic nitrogens is 1. The fraction of sp³-hybridized carbons (Fsp3) is 0.611. The Kier molecular flexibility index (Phi) is 5.43. The molecule has 0 saturated heterocycles. The molecule has 0 aromatic carbocycles. The van der Waals surface area contributed by atoms with Crippen LogP contribution in [0, 0.1) is 5.41 Å². The van der Waals surface area contributed by atoms with Crippen molar-refractivity contribution >= 4 is 17.4 Å². The van der Waals surface area contributed by atoms with Gasteiger partial charge >= 0.3 is 0 Å². The molecule has 8 nitrogen and oxygen atoms in total. The third kappa shape index (κ3) is 3.81. The molecule has 1 aliphatic carbocycles. The molecular formula is C18H28N6O2. The van der Waals surface area contributed by atoms with E-state index >= 15 is 0 Å². The van der Waals surface area contributed by atoms with Crippen molar-refractivity contribution in [2.45, 2.75) is 57.2 Å². The summed E-state index contributed by atoms with van der Waals surface area (Å²) in [6.45, 7) is 2.15. The number of ether oxygens (including phenoxy) is 1. The second kappa shape index (κ2) is 7.59. The minimum absolute atomic E-state index is 0.00787. The largest absolute Gasteiger partial charge is 0.487 e. The van der Waals surface area contributed by atoms with Gasteiger partial charge in [-0.25, -0.2) is 9.99 Å². The van der Waals surface area contributed by atoms with E-state index in [0.717, 1.165) is 24.8 Å². The molecule has 1 fully saturated rings. The summed E-state index contributed by atoms with van der Waals surface area (Å²) in [5.41, 5.74) is 7.10. The second-order valence-corrected chi connectivity index (χ2v) is 7.33. The van der Waals surface area contributed by atoms with Gasteiger partial charge in [0, 0.05) is 25.7 Å². The van der Waals surface area contributed by atoms with E-state index < -0.39 is 6.04 Å². The van der Waals surface area contributed by atoms with Crippen molar-refractivity contribution in [1.29, 1.82) is 5.41 Å². The van der Waals surface area contributed by atoms with Crippen molar-refractivity contribution in [3.63, 3.8) is 0 Å². The molecule has 1 amide bonds. The number of carbonyl (C=O) groups excluding carboxylic acids is 1. The van der Waals surface area contributed by atoms with E-state index in [1.54, 1.807) is 23.2 Å². The lowest BCUT2D eigenvalue weighted by atomic mass is 9.89. The molecule has 142 valence electrons. The van der Waals surface area contributed by atoms with Crippen molar-refractivity contribution in [3.8, 4) is 5.75 Å². The third-order valence-corrected chi connectivity index (χ3v) is 5.27. The first-order valence-electron chi connectivity index (χ1n) is 9.13. The Balaban J connectivity index is 1.99. The molecule has 1 saturated carbocycles. The maximum atomic E-state index is 12.4. The molecule has 2 heterocycles. The van der Waals surface area contributed by atoms with Crippen molar-refractivity contribution in [1.82, 2.24) is 14.9 Å². The van der Waals surface area contributed by atoms with Gasteiger partial charge in [-0.1, -0.05) is 6.42 Å². The number of nitrogens with one attached hydrogen (secondary N) is 1. The molecule has 2 atom stereocenters. The summed E-state index contributed by atoms with van der Waals surface area (Å²) in [5.74, 6) is 7.18. The van der Waals surface area contributed by atoms with E-state index in [0.29, 0.717) is 30.1 Å². The van der Waals surface area contributed by atoms with E-state index in [9.17, 15) is 4.79 Å². The monoisotopic (exact) mass is 360 g/mol. The van der Waals surface area contributed by atoms with Crippen LogP contribution in [0.4, 0.5) is 5.82 Å². The van der Waals surface area contributed by atoms with Gasteiger partial charge in [0.25, 0.3) is 0 Å². The Labute approximate surface area is 154 Å². The molecule has 5 N–H and O–H groups in total.